The van der Waals surface area contributed by atoms with Crippen LogP contribution < -0.4 is 0 Å². The maximum atomic E-state index is 8.97. The third-order valence-electron chi connectivity index (χ3n) is 8.00. The van der Waals surface area contributed by atoms with E-state index >= 15 is 0 Å². The van der Waals surface area contributed by atoms with Crippen LogP contribution in [0.1, 0.15) is 79.6 Å². The zero-order valence-electron chi connectivity index (χ0n) is 23.7. The van der Waals surface area contributed by atoms with Crippen LogP contribution in [0.5, 0.6) is 0 Å². The van der Waals surface area contributed by atoms with Crippen molar-refractivity contribution in [2.24, 2.45) is 0 Å². The third-order valence-corrected chi connectivity index (χ3v) is 19.7. The fourth-order valence-electron chi connectivity index (χ4n) is 5.63. The van der Waals surface area contributed by atoms with E-state index in [-0.39, 0.29) is 17.1 Å². The van der Waals surface area contributed by atoms with Crippen molar-refractivity contribution in [3.8, 4) is 0 Å². The van der Waals surface area contributed by atoms with Gasteiger partial charge in [0.2, 0.25) is 8.32 Å². The van der Waals surface area contributed by atoms with E-state index in [1.807, 2.05) is 0 Å². The highest BCUT2D eigenvalue weighted by atomic mass is 28.4. The molecular weight excluding hydrogens is 449 g/mol. The molecule has 1 N–H and O–H groups in total. The highest BCUT2D eigenvalue weighted by molar-refractivity contribution is 6.83. The maximum Gasteiger partial charge on any atom is 0.217 e. The Hall–Kier alpha value is 0.491. The Kier molecular flexibility index (Phi) is 14.4. The molecule has 0 aromatic heterocycles. The Labute approximate surface area is 204 Å². The van der Waals surface area contributed by atoms with Gasteiger partial charge in [0, 0.05) is 11.8 Å². The lowest BCUT2D eigenvalue weighted by atomic mass is 10.2. The minimum Gasteiger partial charge on any atom is -0.412 e. The SMILES string of the molecule is CCCC[Si](C)(C)OC(CC)(CC)[Si](C)(C)OC(CC)(CC)[Si](C)(C)CCCOCCO. The van der Waals surface area contributed by atoms with Crippen molar-refractivity contribution in [3.63, 3.8) is 0 Å². The smallest absolute Gasteiger partial charge is 0.217 e. The minimum atomic E-state index is -2.20. The van der Waals surface area contributed by atoms with E-state index in [9.17, 15) is 0 Å². The molecule has 0 radical (unpaired) electrons. The monoisotopic (exact) mass is 506 g/mol. The van der Waals surface area contributed by atoms with E-state index < -0.39 is 24.7 Å². The number of rotatable bonds is 19. The van der Waals surface area contributed by atoms with Gasteiger partial charge in [0.15, 0.2) is 8.32 Å². The molecule has 0 bridgehead atoms. The van der Waals surface area contributed by atoms with Crippen molar-refractivity contribution < 1.29 is 18.7 Å². The summed E-state index contributed by atoms with van der Waals surface area (Å²) in [6.45, 7) is 27.5. The standard InChI is InChI=1S/C25H58O4Si3/c1-12-17-23-31(8,9)28-25(15-4,16-5)32(10,11)29-24(13-2,14-3)30(6,7)22-18-20-27-21-19-26/h26H,12-23H2,1-11H3. The predicted octanol–water partition coefficient (Wildman–Crippen LogP) is 7.53. The van der Waals surface area contributed by atoms with Gasteiger partial charge in [-0.3, -0.25) is 0 Å². The Bertz CT molecular complexity index is 501. The minimum absolute atomic E-state index is 0.0340. The summed E-state index contributed by atoms with van der Waals surface area (Å²) < 4.78 is 20.3. The number of ether oxygens (including phenoxy) is 1. The summed E-state index contributed by atoms with van der Waals surface area (Å²) in [7, 11) is -5.67. The molecular formula is C25H58O4Si3. The summed E-state index contributed by atoms with van der Waals surface area (Å²) in [6, 6.07) is 2.42. The molecule has 0 atom stereocenters. The number of aliphatic hydroxyl groups is 1. The van der Waals surface area contributed by atoms with Crippen LogP contribution in [0.3, 0.4) is 0 Å². The van der Waals surface area contributed by atoms with Crippen LogP contribution in [0.2, 0.25) is 51.4 Å². The molecule has 0 amide bonds. The van der Waals surface area contributed by atoms with Crippen molar-refractivity contribution in [3.05, 3.63) is 0 Å². The summed E-state index contributed by atoms with van der Waals surface area (Å²) in [4.78, 5) is 0. The molecule has 32 heavy (non-hydrogen) atoms. The van der Waals surface area contributed by atoms with Crippen molar-refractivity contribution in [1.82, 2.24) is 0 Å². The van der Waals surface area contributed by atoms with E-state index in [0.29, 0.717) is 6.61 Å². The first-order valence-corrected chi connectivity index (χ1v) is 22.6. The Morgan fingerprint density at radius 3 is 1.62 bits per heavy atom. The molecule has 0 rings (SSSR count). The topological polar surface area (TPSA) is 47.9 Å². The largest absolute Gasteiger partial charge is 0.412 e. The van der Waals surface area contributed by atoms with Crippen LogP contribution >= 0.6 is 0 Å². The van der Waals surface area contributed by atoms with E-state index in [1.165, 1.54) is 24.9 Å². The van der Waals surface area contributed by atoms with Crippen LogP contribution in [0.25, 0.3) is 0 Å². The van der Waals surface area contributed by atoms with Gasteiger partial charge in [0.25, 0.3) is 0 Å². The van der Waals surface area contributed by atoms with Crippen molar-refractivity contribution in [1.29, 1.82) is 0 Å². The van der Waals surface area contributed by atoms with Gasteiger partial charge in [-0.1, -0.05) is 66.6 Å². The highest BCUT2D eigenvalue weighted by Crippen LogP contribution is 2.44. The highest BCUT2D eigenvalue weighted by Gasteiger charge is 2.56. The van der Waals surface area contributed by atoms with Gasteiger partial charge in [0.05, 0.1) is 26.5 Å². The Balaban J connectivity index is 5.83. The summed E-state index contributed by atoms with van der Waals surface area (Å²) in [5, 5.41) is 8.81. The summed E-state index contributed by atoms with van der Waals surface area (Å²) in [5.41, 5.74) is 0. The molecule has 0 aromatic rings. The van der Waals surface area contributed by atoms with E-state index in [1.54, 1.807) is 0 Å². The van der Waals surface area contributed by atoms with Gasteiger partial charge < -0.3 is 18.7 Å². The molecule has 0 heterocycles. The predicted molar refractivity (Wildman–Crippen MR) is 148 cm³/mol. The van der Waals surface area contributed by atoms with Gasteiger partial charge >= 0.3 is 0 Å². The first-order valence-electron chi connectivity index (χ1n) is 13.4. The van der Waals surface area contributed by atoms with E-state index in [2.05, 4.69) is 73.9 Å². The van der Waals surface area contributed by atoms with Crippen LogP contribution in [0.4, 0.5) is 0 Å². The number of aliphatic hydroxyl groups excluding tert-OH is 1. The summed E-state index contributed by atoms with van der Waals surface area (Å²) in [5.74, 6) is 0. The lowest BCUT2D eigenvalue weighted by molar-refractivity contribution is 0.0519. The molecule has 0 aliphatic heterocycles. The average molecular weight is 507 g/mol. The fourth-order valence-corrected chi connectivity index (χ4v) is 18.5. The summed E-state index contributed by atoms with van der Waals surface area (Å²) >= 11 is 0. The van der Waals surface area contributed by atoms with Crippen LogP contribution in [0.15, 0.2) is 0 Å². The van der Waals surface area contributed by atoms with E-state index in [4.69, 9.17) is 18.7 Å². The first-order chi connectivity index (χ1) is 14.8. The van der Waals surface area contributed by atoms with Gasteiger partial charge in [-0.05, 0) is 64.3 Å². The fraction of sp³-hybridized carbons (Fsp3) is 1.00. The molecule has 0 spiro atoms. The lowest BCUT2D eigenvalue weighted by Crippen LogP contribution is -2.68. The molecule has 194 valence electrons. The second-order valence-electron chi connectivity index (χ2n) is 11.3. The van der Waals surface area contributed by atoms with Gasteiger partial charge in [0.1, 0.15) is 0 Å². The number of hydrogen-bond acceptors (Lipinski definition) is 4. The van der Waals surface area contributed by atoms with Crippen LogP contribution in [0, 0.1) is 0 Å². The second-order valence-corrected chi connectivity index (χ2v) is 24.8. The van der Waals surface area contributed by atoms with Crippen molar-refractivity contribution >= 4 is 24.7 Å². The Morgan fingerprint density at radius 2 is 1.19 bits per heavy atom. The zero-order chi connectivity index (χ0) is 25.1. The van der Waals surface area contributed by atoms with Gasteiger partial charge in [-0.25, -0.2) is 0 Å². The number of hydrogen-bond donors (Lipinski definition) is 1. The zero-order valence-corrected chi connectivity index (χ0v) is 26.7. The molecule has 0 aromatic carbocycles. The van der Waals surface area contributed by atoms with Crippen molar-refractivity contribution in [2.45, 2.75) is 141 Å². The molecule has 7 heteroatoms. The lowest BCUT2D eigenvalue weighted by Gasteiger charge is -2.55. The molecule has 0 aliphatic carbocycles. The van der Waals surface area contributed by atoms with Gasteiger partial charge in [-0.2, -0.15) is 0 Å². The average Bonchev–Trinajstić information content (AvgIpc) is 2.73. The molecule has 0 saturated carbocycles. The van der Waals surface area contributed by atoms with Crippen molar-refractivity contribution in [2.75, 3.05) is 19.8 Å². The van der Waals surface area contributed by atoms with Gasteiger partial charge in [-0.15, -0.1) is 0 Å². The first kappa shape index (κ1) is 32.5. The maximum absolute atomic E-state index is 8.97. The van der Waals surface area contributed by atoms with E-state index in [0.717, 1.165) is 38.7 Å². The molecule has 4 nitrogen and oxygen atoms in total. The quantitative estimate of drug-likeness (QED) is 0.145. The summed E-state index contributed by atoms with van der Waals surface area (Å²) in [6.07, 6.45) is 7.74. The molecule has 0 fully saturated rings. The normalized spacial score (nSPS) is 14.2. The Morgan fingerprint density at radius 1 is 0.656 bits per heavy atom. The molecule has 0 unspecified atom stereocenters. The second kappa shape index (κ2) is 14.1. The van der Waals surface area contributed by atoms with Crippen LogP contribution in [-0.2, 0) is 13.6 Å². The van der Waals surface area contributed by atoms with Crippen LogP contribution in [-0.4, -0.2) is 60.1 Å². The third kappa shape index (κ3) is 8.61. The molecule has 0 saturated heterocycles. The number of unbranched alkanes of at least 4 members (excludes halogenated alkanes) is 1. The molecule has 0 aliphatic rings.